The summed E-state index contributed by atoms with van der Waals surface area (Å²) in [5.74, 6) is 1.02. The summed E-state index contributed by atoms with van der Waals surface area (Å²) >= 11 is 0. The zero-order valence-corrected chi connectivity index (χ0v) is 14.5. The number of fused-ring (bicyclic) bond motifs is 1. The first-order valence-corrected chi connectivity index (χ1v) is 8.69. The van der Waals surface area contributed by atoms with Crippen LogP contribution in [0.5, 0.6) is 17.2 Å². The van der Waals surface area contributed by atoms with Gasteiger partial charge in [-0.3, -0.25) is 4.79 Å². The van der Waals surface area contributed by atoms with Crippen molar-refractivity contribution >= 4 is 5.91 Å². The maximum absolute atomic E-state index is 14.0. The number of halogens is 1. The van der Waals surface area contributed by atoms with Crippen LogP contribution in [0, 0.1) is 5.82 Å². The Bertz CT molecular complexity index is 817. The molecule has 2 aliphatic rings. The van der Waals surface area contributed by atoms with E-state index in [0.29, 0.717) is 41.6 Å². The molecule has 1 aliphatic carbocycles. The van der Waals surface area contributed by atoms with Gasteiger partial charge in [-0.1, -0.05) is 18.2 Å². The molecule has 0 unspecified atom stereocenters. The molecule has 0 radical (unpaired) electrons. The van der Waals surface area contributed by atoms with E-state index >= 15 is 0 Å². The van der Waals surface area contributed by atoms with Gasteiger partial charge in [0, 0.05) is 23.7 Å². The summed E-state index contributed by atoms with van der Waals surface area (Å²) in [7, 11) is 1.53. The predicted octanol–water partition coefficient (Wildman–Crippen LogP) is 3.41. The minimum atomic E-state index is -0.300. The third kappa shape index (κ3) is 3.19. The van der Waals surface area contributed by atoms with Gasteiger partial charge in [-0.15, -0.1) is 0 Å². The van der Waals surface area contributed by atoms with Gasteiger partial charge >= 0.3 is 0 Å². The fourth-order valence-electron chi connectivity index (χ4n) is 3.13. The van der Waals surface area contributed by atoms with E-state index in [1.54, 1.807) is 35.2 Å². The number of hydrogen-bond acceptors (Lipinski definition) is 4. The van der Waals surface area contributed by atoms with Crippen LogP contribution in [-0.4, -0.2) is 37.2 Å². The summed E-state index contributed by atoms with van der Waals surface area (Å²) in [6.45, 7) is 1.11. The summed E-state index contributed by atoms with van der Waals surface area (Å²) in [6, 6.07) is 10.0. The van der Waals surface area contributed by atoms with Gasteiger partial charge in [-0.2, -0.15) is 0 Å². The second kappa shape index (κ2) is 6.86. The quantitative estimate of drug-likeness (QED) is 0.823. The van der Waals surface area contributed by atoms with Crippen molar-refractivity contribution in [2.24, 2.45) is 0 Å². The van der Waals surface area contributed by atoms with E-state index in [4.69, 9.17) is 14.2 Å². The Morgan fingerprint density at radius 1 is 1.23 bits per heavy atom. The minimum absolute atomic E-state index is 0.140. The fraction of sp³-hybridized carbons (Fsp3) is 0.350. The van der Waals surface area contributed by atoms with E-state index in [9.17, 15) is 9.18 Å². The van der Waals surface area contributed by atoms with Gasteiger partial charge in [0.2, 0.25) is 5.75 Å². The molecule has 1 fully saturated rings. The van der Waals surface area contributed by atoms with Crippen LogP contribution in [0.3, 0.4) is 0 Å². The Labute approximate surface area is 151 Å². The van der Waals surface area contributed by atoms with Crippen molar-refractivity contribution < 1.29 is 23.4 Å². The van der Waals surface area contributed by atoms with Gasteiger partial charge in [0.1, 0.15) is 19.0 Å². The summed E-state index contributed by atoms with van der Waals surface area (Å²) in [4.78, 5) is 14.9. The van der Waals surface area contributed by atoms with Crippen molar-refractivity contribution in [1.29, 1.82) is 0 Å². The van der Waals surface area contributed by atoms with Gasteiger partial charge < -0.3 is 19.1 Å². The number of carbonyl (C=O) groups excluding carboxylic acids is 1. The third-order valence-corrected chi connectivity index (χ3v) is 4.62. The molecule has 6 heteroatoms. The van der Waals surface area contributed by atoms with Gasteiger partial charge in [-0.25, -0.2) is 4.39 Å². The molecule has 1 saturated carbocycles. The number of benzene rings is 2. The summed E-state index contributed by atoms with van der Waals surface area (Å²) < 4.78 is 30.6. The lowest BCUT2D eigenvalue weighted by Crippen LogP contribution is -2.33. The SMILES string of the molecule is COc1cc(C(=O)N(Cc2ccccc2F)C2CC2)cc2c1OCCO2. The number of methoxy groups -OCH3 is 1. The predicted molar refractivity (Wildman–Crippen MR) is 93.3 cm³/mol. The first kappa shape index (κ1) is 16.7. The second-order valence-electron chi connectivity index (χ2n) is 6.46. The van der Waals surface area contributed by atoms with Crippen molar-refractivity contribution in [3.8, 4) is 17.2 Å². The zero-order chi connectivity index (χ0) is 18.1. The lowest BCUT2D eigenvalue weighted by molar-refractivity contribution is 0.0726. The maximum atomic E-state index is 14.0. The van der Waals surface area contributed by atoms with Crippen LogP contribution in [0.25, 0.3) is 0 Å². The molecule has 2 aromatic carbocycles. The number of ether oxygens (including phenoxy) is 3. The Kier molecular flexibility index (Phi) is 4.41. The summed E-state index contributed by atoms with van der Waals surface area (Å²) in [5, 5.41) is 0. The lowest BCUT2D eigenvalue weighted by atomic mass is 10.1. The van der Waals surface area contributed by atoms with E-state index < -0.39 is 0 Å². The Hall–Kier alpha value is -2.76. The molecule has 0 bridgehead atoms. The topological polar surface area (TPSA) is 48.0 Å². The standard InChI is InChI=1S/C20H20FNO4/c1-24-17-10-14(11-18-19(17)26-9-8-25-18)20(23)22(15-6-7-15)12-13-4-2-3-5-16(13)21/h2-5,10-11,15H,6-9,12H2,1H3. The zero-order valence-electron chi connectivity index (χ0n) is 14.5. The summed E-state index contributed by atoms with van der Waals surface area (Å²) in [6.07, 6.45) is 1.86. The molecular weight excluding hydrogens is 337 g/mol. The number of amides is 1. The minimum Gasteiger partial charge on any atom is -0.493 e. The fourth-order valence-corrected chi connectivity index (χ4v) is 3.13. The molecule has 1 aliphatic heterocycles. The molecule has 26 heavy (non-hydrogen) atoms. The van der Waals surface area contributed by atoms with E-state index in [1.165, 1.54) is 13.2 Å². The Balaban J connectivity index is 1.65. The van der Waals surface area contributed by atoms with Gasteiger partial charge in [0.05, 0.1) is 7.11 Å². The van der Waals surface area contributed by atoms with Crippen molar-refractivity contribution in [3.63, 3.8) is 0 Å². The highest BCUT2D eigenvalue weighted by Crippen LogP contribution is 2.41. The molecule has 5 nitrogen and oxygen atoms in total. The smallest absolute Gasteiger partial charge is 0.254 e. The van der Waals surface area contributed by atoms with E-state index in [2.05, 4.69) is 0 Å². The van der Waals surface area contributed by atoms with Crippen LogP contribution >= 0.6 is 0 Å². The highest BCUT2D eigenvalue weighted by molar-refractivity contribution is 5.96. The maximum Gasteiger partial charge on any atom is 0.254 e. The molecule has 1 amide bonds. The average Bonchev–Trinajstić information content (AvgIpc) is 3.51. The lowest BCUT2D eigenvalue weighted by Gasteiger charge is -2.25. The first-order chi connectivity index (χ1) is 12.7. The largest absolute Gasteiger partial charge is 0.493 e. The first-order valence-electron chi connectivity index (χ1n) is 8.69. The van der Waals surface area contributed by atoms with Crippen molar-refractivity contribution in [2.75, 3.05) is 20.3 Å². The Morgan fingerprint density at radius 3 is 2.73 bits per heavy atom. The van der Waals surface area contributed by atoms with E-state index in [1.807, 2.05) is 0 Å². The van der Waals surface area contributed by atoms with E-state index in [-0.39, 0.29) is 24.3 Å². The molecule has 0 N–H and O–H groups in total. The molecule has 1 heterocycles. The molecule has 0 spiro atoms. The van der Waals surface area contributed by atoms with Crippen LogP contribution in [-0.2, 0) is 6.54 Å². The molecule has 0 aromatic heterocycles. The number of nitrogens with zero attached hydrogens (tertiary/aromatic N) is 1. The molecule has 0 atom stereocenters. The molecule has 4 rings (SSSR count). The Morgan fingerprint density at radius 2 is 2.00 bits per heavy atom. The molecular formula is C20H20FNO4. The highest BCUT2D eigenvalue weighted by Gasteiger charge is 2.34. The number of carbonyl (C=O) groups is 1. The van der Waals surface area contributed by atoms with E-state index in [0.717, 1.165) is 12.8 Å². The molecule has 0 saturated heterocycles. The van der Waals surface area contributed by atoms with Gasteiger partial charge in [0.15, 0.2) is 11.5 Å². The van der Waals surface area contributed by atoms with Crippen molar-refractivity contribution in [2.45, 2.75) is 25.4 Å². The van der Waals surface area contributed by atoms with Crippen LogP contribution < -0.4 is 14.2 Å². The second-order valence-corrected chi connectivity index (χ2v) is 6.46. The normalized spacial score (nSPS) is 15.5. The van der Waals surface area contributed by atoms with Crippen molar-refractivity contribution in [3.05, 3.63) is 53.3 Å². The summed E-state index contributed by atoms with van der Waals surface area (Å²) in [5.41, 5.74) is 0.964. The highest BCUT2D eigenvalue weighted by atomic mass is 19.1. The third-order valence-electron chi connectivity index (χ3n) is 4.62. The van der Waals surface area contributed by atoms with Gasteiger partial charge in [0.25, 0.3) is 5.91 Å². The van der Waals surface area contributed by atoms with Crippen LogP contribution in [0.2, 0.25) is 0 Å². The van der Waals surface area contributed by atoms with Crippen LogP contribution in [0.4, 0.5) is 4.39 Å². The number of hydrogen-bond donors (Lipinski definition) is 0. The van der Waals surface area contributed by atoms with Crippen LogP contribution in [0.1, 0.15) is 28.8 Å². The van der Waals surface area contributed by atoms with Gasteiger partial charge in [-0.05, 0) is 31.0 Å². The van der Waals surface area contributed by atoms with Crippen molar-refractivity contribution in [1.82, 2.24) is 4.90 Å². The average molecular weight is 357 g/mol. The number of rotatable bonds is 5. The van der Waals surface area contributed by atoms with Crippen LogP contribution in [0.15, 0.2) is 36.4 Å². The monoisotopic (exact) mass is 357 g/mol. The molecule has 2 aromatic rings. The molecule has 136 valence electrons.